The minimum absolute atomic E-state index is 0.0234. The van der Waals surface area contributed by atoms with Gasteiger partial charge < -0.3 is 10.6 Å². The van der Waals surface area contributed by atoms with Gasteiger partial charge in [-0.15, -0.1) is 0 Å². The minimum Gasteiger partial charge on any atom is -0.381 e. The highest BCUT2D eigenvalue weighted by Crippen LogP contribution is 2.20. The van der Waals surface area contributed by atoms with E-state index in [9.17, 15) is 13.6 Å². The van der Waals surface area contributed by atoms with Gasteiger partial charge in [0.15, 0.2) is 0 Å². The molecule has 2 aromatic rings. The first-order chi connectivity index (χ1) is 10.0. The van der Waals surface area contributed by atoms with Crippen LogP contribution in [0.3, 0.4) is 0 Å². The topological polar surface area (TPSA) is 41.1 Å². The van der Waals surface area contributed by atoms with E-state index in [-0.39, 0.29) is 11.5 Å². The van der Waals surface area contributed by atoms with Gasteiger partial charge in [0, 0.05) is 30.4 Å². The Labute approximate surface area is 122 Å². The molecule has 0 atom stereocenters. The van der Waals surface area contributed by atoms with Crippen LogP contribution in [0.2, 0.25) is 0 Å². The number of nitrogens with one attached hydrogen (secondary N) is 2. The van der Waals surface area contributed by atoms with Crippen molar-refractivity contribution in [2.24, 2.45) is 0 Å². The van der Waals surface area contributed by atoms with Crippen molar-refractivity contribution < 1.29 is 13.6 Å². The third-order valence-corrected chi connectivity index (χ3v) is 2.90. The molecule has 3 nitrogen and oxygen atoms in total. The summed E-state index contributed by atoms with van der Waals surface area (Å²) in [5.74, 6) is -0.125. The molecule has 0 unspecified atom stereocenters. The summed E-state index contributed by atoms with van der Waals surface area (Å²) in [6.07, 6.45) is -2.46. The summed E-state index contributed by atoms with van der Waals surface area (Å²) in [6.45, 7) is 1.90. The molecule has 0 saturated carbocycles. The predicted octanol–water partition coefficient (Wildman–Crippen LogP) is 4.19. The first kappa shape index (κ1) is 15.0. The van der Waals surface area contributed by atoms with Crippen molar-refractivity contribution in [1.29, 1.82) is 0 Å². The molecule has 0 spiro atoms. The van der Waals surface area contributed by atoms with E-state index in [2.05, 4.69) is 10.6 Å². The number of carbonyl (C=O) groups excluding carboxylic acids is 1. The van der Waals surface area contributed by atoms with Gasteiger partial charge in [-0.1, -0.05) is 18.2 Å². The Kier molecular flexibility index (Phi) is 4.87. The molecular formula is C16H16F2N2O. The van der Waals surface area contributed by atoms with E-state index in [0.717, 1.165) is 11.3 Å². The highest BCUT2D eigenvalue weighted by Gasteiger charge is 2.06. The molecule has 2 N–H and O–H groups in total. The van der Waals surface area contributed by atoms with E-state index in [4.69, 9.17) is 0 Å². The maximum Gasteiger partial charge on any atom is 0.263 e. The van der Waals surface area contributed by atoms with E-state index in [1.165, 1.54) is 19.1 Å². The lowest BCUT2D eigenvalue weighted by Crippen LogP contribution is -2.05. The normalized spacial score (nSPS) is 10.5. The SMILES string of the molecule is CC(=O)Nc1ccc(NCc2cccc(C(F)F)c2)cc1. The minimum atomic E-state index is -2.46. The maximum atomic E-state index is 12.6. The van der Waals surface area contributed by atoms with Crippen molar-refractivity contribution in [3.63, 3.8) is 0 Å². The Morgan fingerprint density at radius 3 is 2.38 bits per heavy atom. The molecule has 2 rings (SSSR count). The molecule has 0 aromatic heterocycles. The summed E-state index contributed by atoms with van der Waals surface area (Å²) < 4.78 is 25.2. The maximum absolute atomic E-state index is 12.6. The van der Waals surface area contributed by atoms with E-state index in [1.807, 2.05) is 12.1 Å². The first-order valence-corrected chi connectivity index (χ1v) is 6.53. The monoisotopic (exact) mass is 290 g/mol. The van der Waals surface area contributed by atoms with Gasteiger partial charge in [-0.3, -0.25) is 4.79 Å². The largest absolute Gasteiger partial charge is 0.381 e. The summed E-state index contributed by atoms with van der Waals surface area (Å²) in [5.41, 5.74) is 2.38. The molecule has 2 aromatic carbocycles. The summed E-state index contributed by atoms with van der Waals surface area (Å²) in [7, 11) is 0. The fourth-order valence-electron chi connectivity index (χ4n) is 1.92. The predicted molar refractivity (Wildman–Crippen MR) is 79.5 cm³/mol. The van der Waals surface area contributed by atoms with Crippen molar-refractivity contribution in [3.05, 3.63) is 59.7 Å². The highest BCUT2D eigenvalue weighted by molar-refractivity contribution is 5.88. The van der Waals surface area contributed by atoms with Crippen LogP contribution in [-0.2, 0) is 11.3 Å². The lowest BCUT2D eigenvalue weighted by atomic mass is 10.1. The molecule has 21 heavy (non-hydrogen) atoms. The number of halogens is 2. The molecule has 0 aliphatic carbocycles. The van der Waals surface area contributed by atoms with Crippen LogP contribution in [-0.4, -0.2) is 5.91 Å². The van der Waals surface area contributed by atoms with Crippen molar-refractivity contribution in [2.75, 3.05) is 10.6 Å². The fraction of sp³-hybridized carbons (Fsp3) is 0.188. The lowest BCUT2D eigenvalue weighted by Gasteiger charge is -2.09. The van der Waals surface area contributed by atoms with Crippen LogP contribution < -0.4 is 10.6 Å². The zero-order valence-corrected chi connectivity index (χ0v) is 11.6. The van der Waals surface area contributed by atoms with Crippen LogP contribution in [0.15, 0.2) is 48.5 Å². The molecule has 1 amide bonds. The van der Waals surface area contributed by atoms with Crippen molar-refractivity contribution in [3.8, 4) is 0 Å². The molecule has 0 fully saturated rings. The molecule has 0 aliphatic heterocycles. The number of anilines is 2. The zero-order chi connectivity index (χ0) is 15.2. The van der Waals surface area contributed by atoms with Crippen molar-refractivity contribution in [2.45, 2.75) is 19.9 Å². The smallest absolute Gasteiger partial charge is 0.263 e. The molecule has 0 heterocycles. The number of hydrogen-bond acceptors (Lipinski definition) is 2. The number of amides is 1. The van der Waals surface area contributed by atoms with Gasteiger partial charge in [0.1, 0.15) is 0 Å². The number of carbonyl (C=O) groups is 1. The molecule has 0 saturated heterocycles. The molecule has 0 radical (unpaired) electrons. The molecule has 110 valence electrons. The van der Waals surface area contributed by atoms with Gasteiger partial charge in [0.2, 0.25) is 5.91 Å². The average molecular weight is 290 g/mol. The van der Waals surface area contributed by atoms with Gasteiger partial charge in [0.25, 0.3) is 6.43 Å². The van der Waals surface area contributed by atoms with Crippen molar-refractivity contribution in [1.82, 2.24) is 0 Å². The second-order valence-electron chi connectivity index (χ2n) is 4.66. The van der Waals surface area contributed by atoms with Crippen LogP contribution in [0.25, 0.3) is 0 Å². The molecular weight excluding hydrogens is 274 g/mol. The zero-order valence-electron chi connectivity index (χ0n) is 11.6. The molecule has 5 heteroatoms. The standard InChI is InChI=1S/C16H16F2N2O/c1-11(21)20-15-7-5-14(6-8-15)19-10-12-3-2-4-13(9-12)16(17)18/h2-9,16,19H,10H2,1H3,(H,20,21). The molecule has 0 bridgehead atoms. The van der Waals surface area contributed by atoms with Crippen LogP contribution >= 0.6 is 0 Å². The van der Waals surface area contributed by atoms with Crippen LogP contribution in [0.1, 0.15) is 24.5 Å². The average Bonchev–Trinajstić information content (AvgIpc) is 2.46. The van der Waals surface area contributed by atoms with Gasteiger partial charge in [-0.05, 0) is 35.9 Å². The quantitative estimate of drug-likeness (QED) is 0.866. The van der Waals surface area contributed by atoms with E-state index < -0.39 is 6.43 Å². The van der Waals surface area contributed by atoms with E-state index >= 15 is 0 Å². The summed E-state index contributed by atoms with van der Waals surface area (Å²) >= 11 is 0. The second-order valence-corrected chi connectivity index (χ2v) is 4.66. The van der Waals surface area contributed by atoms with Crippen molar-refractivity contribution >= 4 is 17.3 Å². The van der Waals surface area contributed by atoms with Crippen LogP contribution in [0.5, 0.6) is 0 Å². The van der Waals surface area contributed by atoms with Crippen LogP contribution in [0.4, 0.5) is 20.2 Å². The van der Waals surface area contributed by atoms with E-state index in [1.54, 1.807) is 24.3 Å². The van der Waals surface area contributed by atoms with Gasteiger partial charge in [0.05, 0.1) is 0 Å². The Hall–Kier alpha value is -2.43. The second kappa shape index (κ2) is 6.83. The third-order valence-electron chi connectivity index (χ3n) is 2.90. The number of alkyl halides is 2. The third kappa shape index (κ3) is 4.56. The Balaban J connectivity index is 1.96. The van der Waals surface area contributed by atoms with E-state index in [0.29, 0.717) is 12.2 Å². The fourth-order valence-corrected chi connectivity index (χ4v) is 1.92. The number of benzene rings is 2. The van der Waals surface area contributed by atoms with Gasteiger partial charge in [-0.25, -0.2) is 8.78 Å². The number of hydrogen-bond donors (Lipinski definition) is 2. The van der Waals surface area contributed by atoms with Gasteiger partial charge >= 0.3 is 0 Å². The highest BCUT2D eigenvalue weighted by atomic mass is 19.3. The summed E-state index contributed by atoms with van der Waals surface area (Å²) in [5, 5.41) is 5.83. The molecule has 0 aliphatic rings. The Morgan fingerprint density at radius 1 is 1.10 bits per heavy atom. The first-order valence-electron chi connectivity index (χ1n) is 6.53. The Bertz CT molecular complexity index is 612. The van der Waals surface area contributed by atoms with Crippen LogP contribution in [0, 0.1) is 0 Å². The summed E-state index contributed by atoms with van der Waals surface area (Å²) in [6, 6.07) is 13.5. The lowest BCUT2D eigenvalue weighted by molar-refractivity contribution is -0.114. The summed E-state index contributed by atoms with van der Waals surface area (Å²) in [4.78, 5) is 10.9. The van der Waals surface area contributed by atoms with Gasteiger partial charge in [-0.2, -0.15) is 0 Å². The Morgan fingerprint density at radius 2 is 1.76 bits per heavy atom. The number of rotatable bonds is 5.